The van der Waals surface area contributed by atoms with Crippen molar-refractivity contribution in [2.24, 2.45) is 4.99 Å². The van der Waals surface area contributed by atoms with Crippen LogP contribution in [0, 0.1) is 0 Å². The average Bonchev–Trinajstić information content (AvgIpc) is 2.25. The van der Waals surface area contributed by atoms with Gasteiger partial charge in [-0.05, 0) is 13.3 Å². The van der Waals surface area contributed by atoms with Gasteiger partial charge in [0.05, 0.1) is 0 Å². The summed E-state index contributed by atoms with van der Waals surface area (Å²) >= 11 is 1.87. The van der Waals surface area contributed by atoms with E-state index in [2.05, 4.69) is 36.1 Å². The molecule has 0 unspecified atom stereocenters. The molecule has 0 aromatic rings. The van der Waals surface area contributed by atoms with Crippen molar-refractivity contribution in [3.05, 3.63) is 12.7 Å². The normalized spacial score (nSPS) is 10.5. The van der Waals surface area contributed by atoms with Crippen LogP contribution in [0.25, 0.3) is 0 Å². The zero-order chi connectivity index (χ0) is 11.4. The highest BCUT2D eigenvalue weighted by Gasteiger charge is 1.94. The lowest BCUT2D eigenvalue weighted by Crippen LogP contribution is -2.38. The Balaban J connectivity index is 0. The molecule has 0 aliphatic heterocycles. The number of guanidine groups is 1. The molecule has 0 aliphatic carbocycles. The summed E-state index contributed by atoms with van der Waals surface area (Å²) < 4.78 is 0. The molecule has 0 radical (unpaired) electrons. The molecular weight excluding hydrogens is 333 g/mol. The van der Waals surface area contributed by atoms with Crippen LogP contribution in [0.1, 0.15) is 20.3 Å². The number of hydrogen-bond acceptors (Lipinski definition) is 2. The third-order valence-corrected chi connectivity index (χ3v) is 2.58. The van der Waals surface area contributed by atoms with E-state index in [1.165, 1.54) is 0 Å². The number of nitrogens with one attached hydrogen (secondary N) is 2. The van der Waals surface area contributed by atoms with E-state index in [0.717, 1.165) is 43.5 Å². The summed E-state index contributed by atoms with van der Waals surface area (Å²) in [5, 5.41) is 6.52. The van der Waals surface area contributed by atoms with Crippen LogP contribution >= 0.6 is 35.7 Å². The van der Waals surface area contributed by atoms with Crippen molar-refractivity contribution in [3.63, 3.8) is 0 Å². The summed E-state index contributed by atoms with van der Waals surface area (Å²) in [6.45, 7) is 10.6. The van der Waals surface area contributed by atoms with Gasteiger partial charge in [0.1, 0.15) is 0 Å². The van der Waals surface area contributed by atoms with Gasteiger partial charge in [-0.2, -0.15) is 11.8 Å². The molecule has 0 atom stereocenters. The molecule has 0 aliphatic rings. The number of aliphatic imine (C=N–C) groups is 1. The fraction of sp³-hybridized carbons (Fsp3) is 0.727. The summed E-state index contributed by atoms with van der Waals surface area (Å²) in [4.78, 5) is 4.41. The third kappa shape index (κ3) is 12.2. The van der Waals surface area contributed by atoms with Crippen molar-refractivity contribution in [2.45, 2.75) is 20.3 Å². The standard InChI is InChI=1S/C11H23N3S.HI/c1-4-7-13-11(12-6-3)14-8-10-15-9-5-2;/h5H,2,4,6-10H2,1,3H3,(H2,12,13,14);1H. The number of thioether (sulfide) groups is 1. The van der Waals surface area contributed by atoms with E-state index in [4.69, 9.17) is 0 Å². The second-order valence-corrected chi connectivity index (χ2v) is 4.20. The Morgan fingerprint density at radius 2 is 2.12 bits per heavy atom. The minimum atomic E-state index is 0. The van der Waals surface area contributed by atoms with Gasteiger partial charge < -0.3 is 10.6 Å². The topological polar surface area (TPSA) is 36.4 Å². The molecule has 0 heterocycles. The third-order valence-electron chi connectivity index (χ3n) is 1.61. The van der Waals surface area contributed by atoms with Crippen LogP contribution in [0.4, 0.5) is 0 Å². The Morgan fingerprint density at radius 3 is 2.69 bits per heavy atom. The molecule has 0 spiro atoms. The average molecular weight is 357 g/mol. The van der Waals surface area contributed by atoms with E-state index >= 15 is 0 Å². The van der Waals surface area contributed by atoms with Gasteiger partial charge in [-0.1, -0.05) is 13.0 Å². The molecule has 5 heteroatoms. The molecule has 16 heavy (non-hydrogen) atoms. The maximum absolute atomic E-state index is 4.41. The molecule has 2 N–H and O–H groups in total. The predicted molar refractivity (Wildman–Crippen MR) is 87.2 cm³/mol. The van der Waals surface area contributed by atoms with Crippen molar-refractivity contribution in [2.75, 3.05) is 31.1 Å². The van der Waals surface area contributed by atoms with E-state index in [9.17, 15) is 0 Å². The van der Waals surface area contributed by atoms with Gasteiger partial charge >= 0.3 is 0 Å². The van der Waals surface area contributed by atoms with Gasteiger partial charge in [0.15, 0.2) is 5.96 Å². The van der Waals surface area contributed by atoms with Crippen molar-refractivity contribution >= 4 is 41.7 Å². The number of rotatable bonds is 8. The predicted octanol–water partition coefficient (Wildman–Crippen LogP) is 2.49. The van der Waals surface area contributed by atoms with Crippen LogP contribution in [-0.2, 0) is 0 Å². The monoisotopic (exact) mass is 357 g/mol. The molecule has 0 amide bonds. The molecule has 0 saturated carbocycles. The maximum atomic E-state index is 4.41. The van der Waals surface area contributed by atoms with Gasteiger partial charge in [-0.3, -0.25) is 4.99 Å². The van der Waals surface area contributed by atoms with Gasteiger partial charge in [0.25, 0.3) is 0 Å². The van der Waals surface area contributed by atoms with E-state index in [1.54, 1.807) is 0 Å². The Labute approximate surface area is 121 Å². The molecule has 0 aromatic carbocycles. The SMILES string of the molecule is C=CCSCCNC(=NCCC)NCC.I. The Morgan fingerprint density at radius 1 is 1.38 bits per heavy atom. The lowest BCUT2D eigenvalue weighted by atomic mass is 10.5. The van der Waals surface area contributed by atoms with E-state index in [-0.39, 0.29) is 24.0 Å². The Kier molecular flexibility index (Phi) is 17.4. The van der Waals surface area contributed by atoms with Crippen LogP contribution in [0.3, 0.4) is 0 Å². The molecule has 96 valence electrons. The largest absolute Gasteiger partial charge is 0.357 e. The van der Waals surface area contributed by atoms with Crippen molar-refractivity contribution in [1.29, 1.82) is 0 Å². The zero-order valence-electron chi connectivity index (χ0n) is 10.3. The highest BCUT2D eigenvalue weighted by atomic mass is 127. The smallest absolute Gasteiger partial charge is 0.191 e. The minimum Gasteiger partial charge on any atom is -0.357 e. The van der Waals surface area contributed by atoms with Gasteiger partial charge in [-0.25, -0.2) is 0 Å². The molecular formula is C11H24IN3S. The van der Waals surface area contributed by atoms with Crippen LogP contribution < -0.4 is 10.6 Å². The van der Waals surface area contributed by atoms with Gasteiger partial charge in [0, 0.05) is 31.1 Å². The first kappa shape index (κ1) is 18.5. The number of nitrogens with zero attached hydrogens (tertiary/aromatic N) is 1. The number of hydrogen-bond donors (Lipinski definition) is 2. The van der Waals surface area contributed by atoms with Gasteiger partial charge in [0.2, 0.25) is 0 Å². The van der Waals surface area contributed by atoms with E-state index in [0.29, 0.717) is 0 Å². The van der Waals surface area contributed by atoms with Crippen LogP contribution in [0.5, 0.6) is 0 Å². The van der Waals surface area contributed by atoms with E-state index in [1.807, 2.05) is 17.8 Å². The summed E-state index contributed by atoms with van der Waals surface area (Å²) in [5.74, 6) is 3.03. The van der Waals surface area contributed by atoms with Crippen LogP contribution in [-0.4, -0.2) is 37.1 Å². The summed E-state index contributed by atoms with van der Waals surface area (Å²) in [7, 11) is 0. The van der Waals surface area contributed by atoms with Crippen LogP contribution in [0.2, 0.25) is 0 Å². The molecule has 0 fully saturated rings. The zero-order valence-corrected chi connectivity index (χ0v) is 13.4. The highest BCUT2D eigenvalue weighted by molar-refractivity contribution is 14.0. The summed E-state index contributed by atoms with van der Waals surface area (Å²) in [5.41, 5.74) is 0. The second kappa shape index (κ2) is 15.1. The Hall–Kier alpha value is 0.0900. The molecule has 0 saturated heterocycles. The van der Waals surface area contributed by atoms with Gasteiger partial charge in [-0.15, -0.1) is 30.6 Å². The molecule has 0 rings (SSSR count). The number of halogens is 1. The first-order valence-electron chi connectivity index (χ1n) is 5.56. The quantitative estimate of drug-likeness (QED) is 0.230. The first-order valence-corrected chi connectivity index (χ1v) is 6.71. The lowest BCUT2D eigenvalue weighted by molar-refractivity contribution is 0.830. The maximum Gasteiger partial charge on any atom is 0.191 e. The fourth-order valence-corrected chi connectivity index (χ4v) is 1.55. The summed E-state index contributed by atoms with van der Waals surface area (Å²) in [6.07, 6.45) is 3.02. The Bertz CT molecular complexity index is 186. The first-order chi connectivity index (χ1) is 7.35. The summed E-state index contributed by atoms with van der Waals surface area (Å²) in [6, 6.07) is 0. The molecule has 0 aromatic heterocycles. The lowest BCUT2D eigenvalue weighted by Gasteiger charge is -2.10. The molecule has 0 bridgehead atoms. The van der Waals surface area contributed by atoms with E-state index < -0.39 is 0 Å². The van der Waals surface area contributed by atoms with Crippen LogP contribution in [0.15, 0.2) is 17.6 Å². The minimum absolute atomic E-state index is 0. The second-order valence-electron chi connectivity index (χ2n) is 3.05. The fourth-order valence-electron chi connectivity index (χ4n) is 0.974. The van der Waals surface area contributed by atoms with Crippen molar-refractivity contribution < 1.29 is 0 Å². The molecule has 3 nitrogen and oxygen atoms in total. The van der Waals surface area contributed by atoms with Crippen molar-refractivity contribution in [1.82, 2.24) is 10.6 Å². The van der Waals surface area contributed by atoms with Crippen molar-refractivity contribution in [3.8, 4) is 0 Å². The highest BCUT2D eigenvalue weighted by Crippen LogP contribution is 1.96.